The molecule has 0 aliphatic carbocycles. The molecule has 0 aliphatic heterocycles. The van der Waals surface area contributed by atoms with Gasteiger partial charge in [-0.2, -0.15) is 4.39 Å². The highest BCUT2D eigenvalue weighted by atomic mass is 19.1. The average molecular weight is 269 g/mol. The zero-order chi connectivity index (χ0) is 14.3. The van der Waals surface area contributed by atoms with Crippen molar-refractivity contribution in [1.29, 1.82) is 0 Å². The Morgan fingerprint density at radius 3 is 2.85 bits per heavy atom. The Morgan fingerprint density at radius 2 is 2.10 bits per heavy atom. The van der Waals surface area contributed by atoms with Gasteiger partial charge < -0.3 is 10.7 Å². The quantitative estimate of drug-likeness (QED) is 0.702. The van der Waals surface area contributed by atoms with Crippen LogP contribution in [0.2, 0.25) is 0 Å². The van der Waals surface area contributed by atoms with Crippen molar-refractivity contribution in [3.63, 3.8) is 0 Å². The van der Waals surface area contributed by atoms with Crippen LogP contribution in [0, 0.1) is 12.9 Å². The molecule has 0 fully saturated rings. The number of hydrogen-bond donors (Lipinski definition) is 2. The van der Waals surface area contributed by atoms with Gasteiger partial charge in [0.25, 0.3) is 0 Å². The van der Waals surface area contributed by atoms with Crippen molar-refractivity contribution in [3.8, 4) is 11.3 Å². The first-order valence-corrected chi connectivity index (χ1v) is 6.11. The van der Waals surface area contributed by atoms with Gasteiger partial charge in [0.15, 0.2) is 0 Å². The molecule has 0 radical (unpaired) electrons. The van der Waals surface area contributed by atoms with Crippen molar-refractivity contribution in [2.24, 2.45) is 5.73 Å². The van der Waals surface area contributed by atoms with E-state index in [0.29, 0.717) is 11.3 Å². The zero-order valence-electron chi connectivity index (χ0n) is 10.8. The Bertz CT molecular complexity index is 823. The molecule has 3 aromatic rings. The summed E-state index contributed by atoms with van der Waals surface area (Å²) in [6.45, 7) is 1.71. The van der Waals surface area contributed by atoms with Crippen LogP contribution in [0.3, 0.4) is 0 Å². The highest BCUT2D eigenvalue weighted by molar-refractivity contribution is 5.96. The Hall–Kier alpha value is -2.69. The largest absolute Gasteiger partial charge is 0.366 e. The minimum atomic E-state index is -0.714. The third-order valence-electron chi connectivity index (χ3n) is 3.33. The number of nitrogens with one attached hydrogen (secondary N) is 1. The lowest BCUT2D eigenvalue weighted by Gasteiger charge is -2.09. The second kappa shape index (κ2) is 4.45. The van der Waals surface area contributed by atoms with E-state index in [2.05, 4.69) is 9.97 Å². The molecular weight excluding hydrogens is 257 g/mol. The highest BCUT2D eigenvalue weighted by Gasteiger charge is 2.14. The van der Waals surface area contributed by atoms with E-state index in [1.807, 2.05) is 30.5 Å². The maximum atomic E-state index is 13.6. The number of halogens is 1. The van der Waals surface area contributed by atoms with Crippen molar-refractivity contribution < 1.29 is 9.18 Å². The number of H-pyrrole nitrogens is 1. The van der Waals surface area contributed by atoms with Crippen molar-refractivity contribution in [2.75, 3.05) is 0 Å². The fourth-order valence-electron chi connectivity index (χ4n) is 2.32. The molecule has 2 aromatic heterocycles. The second-order valence-electron chi connectivity index (χ2n) is 4.61. The molecule has 3 rings (SSSR count). The van der Waals surface area contributed by atoms with Gasteiger partial charge >= 0.3 is 0 Å². The number of nitrogens with two attached hydrogens (primary N) is 1. The van der Waals surface area contributed by atoms with Gasteiger partial charge in [0.05, 0.1) is 5.69 Å². The van der Waals surface area contributed by atoms with Crippen LogP contribution in [0.25, 0.3) is 22.2 Å². The van der Waals surface area contributed by atoms with Crippen molar-refractivity contribution in [3.05, 3.63) is 53.6 Å². The van der Waals surface area contributed by atoms with E-state index in [0.717, 1.165) is 22.5 Å². The first kappa shape index (κ1) is 12.3. The van der Waals surface area contributed by atoms with E-state index in [1.165, 1.54) is 0 Å². The van der Waals surface area contributed by atoms with E-state index in [4.69, 9.17) is 5.73 Å². The summed E-state index contributed by atoms with van der Waals surface area (Å²) in [5.74, 6) is -1.37. The molecule has 0 spiro atoms. The number of benzene rings is 1. The van der Waals surface area contributed by atoms with E-state index < -0.39 is 11.9 Å². The van der Waals surface area contributed by atoms with Gasteiger partial charge in [-0.05, 0) is 30.7 Å². The molecular formula is C15H12FN3O. The molecule has 2 heterocycles. The predicted molar refractivity (Wildman–Crippen MR) is 74.7 cm³/mol. The number of pyridine rings is 1. The topological polar surface area (TPSA) is 71.8 Å². The van der Waals surface area contributed by atoms with Crippen molar-refractivity contribution in [1.82, 2.24) is 9.97 Å². The molecule has 0 bridgehead atoms. The number of aromatic nitrogens is 2. The first-order chi connectivity index (χ1) is 9.56. The van der Waals surface area contributed by atoms with Gasteiger partial charge in [0.1, 0.15) is 0 Å². The van der Waals surface area contributed by atoms with Gasteiger partial charge in [0, 0.05) is 34.3 Å². The summed E-state index contributed by atoms with van der Waals surface area (Å²) in [6, 6.07) is 8.60. The molecule has 0 saturated carbocycles. The summed E-state index contributed by atoms with van der Waals surface area (Å²) in [7, 11) is 0. The molecule has 1 amide bonds. The minimum Gasteiger partial charge on any atom is -0.366 e. The Balaban J connectivity index is 2.25. The third kappa shape index (κ3) is 1.93. The van der Waals surface area contributed by atoms with Crippen LogP contribution in [0.4, 0.5) is 4.39 Å². The Kier molecular flexibility index (Phi) is 2.75. The minimum absolute atomic E-state index is 0.154. The summed E-state index contributed by atoms with van der Waals surface area (Å²) in [6.07, 6.45) is 1.83. The van der Waals surface area contributed by atoms with Crippen LogP contribution in [0.5, 0.6) is 0 Å². The predicted octanol–water partition coefficient (Wildman–Crippen LogP) is 2.78. The first-order valence-electron chi connectivity index (χ1n) is 6.11. The summed E-state index contributed by atoms with van der Waals surface area (Å²) >= 11 is 0. The number of nitrogens with zero attached hydrogens (tertiary/aromatic N) is 1. The van der Waals surface area contributed by atoms with E-state index >= 15 is 0 Å². The van der Waals surface area contributed by atoms with E-state index in [1.54, 1.807) is 6.92 Å². The van der Waals surface area contributed by atoms with Gasteiger partial charge in [-0.3, -0.25) is 4.79 Å². The number of hydrogen-bond acceptors (Lipinski definition) is 2. The number of carbonyl (C=O) groups excluding carboxylic acids is 1. The zero-order valence-corrected chi connectivity index (χ0v) is 10.8. The van der Waals surface area contributed by atoms with Crippen LogP contribution in [0.15, 0.2) is 36.5 Å². The summed E-state index contributed by atoms with van der Waals surface area (Å²) in [5.41, 5.74) is 8.16. The molecule has 1 aromatic carbocycles. The number of carbonyl (C=O) groups is 1. The van der Waals surface area contributed by atoms with Gasteiger partial charge in [-0.15, -0.1) is 0 Å². The number of amides is 1. The smallest absolute Gasteiger partial charge is 0.249 e. The molecule has 0 saturated heterocycles. The van der Waals surface area contributed by atoms with Gasteiger partial charge in [0.2, 0.25) is 11.9 Å². The molecule has 0 atom stereocenters. The van der Waals surface area contributed by atoms with E-state index in [9.17, 15) is 9.18 Å². The van der Waals surface area contributed by atoms with Crippen LogP contribution in [-0.2, 0) is 0 Å². The van der Waals surface area contributed by atoms with Crippen LogP contribution in [-0.4, -0.2) is 15.9 Å². The average Bonchev–Trinajstić information content (AvgIpc) is 2.87. The lowest BCUT2D eigenvalue weighted by molar-refractivity contribution is 0.0999. The highest BCUT2D eigenvalue weighted by Crippen LogP contribution is 2.27. The van der Waals surface area contributed by atoms with Gasteiger partial charge in [-0.25, -0.2) is 4.98 Å². The lowest BCUT2D eigenvalue weighted by Crippen LogP contribution is -2.14. The standard InChI is InChI=1S/C15H12FN3O/c1-8-11(15(17)20)7-13(16)19-14(8)10-2-3-12-9(6-10)4-5-18-12/h2-7,18H,1H3,(H2,17,20). The number of rotatable bonds is 2. The molecule has 3 N–H and O–H groups in total. The van der Waals surface area contributed by atoms with E-state index in [-0.39, 0.29) is 5.56 Å². The molecule has 4 nitrogen and oxygen atoms in total. The molecule has 100 valence electrons. The maximum absolute atomic E-state index is 13.6. The summed E-state index contributed by atoms with van der Waals surface area (Å²) in [4.78, 5) is 18.3. The summed E-state index contributed by atoms with van der Waals surface area (Å²) < 4.78 is 13.6. The maximum Gasteiger partial charge on any atom is 0.249 e. The molecule has 5 heteroatoms. The third-order valence-corrected chi connectivity index (χ3v) is 3.33. The normalized spacial score (nSPS) is 10.9. The second-order valence-corrected chi connectivity index (χ2v) is 4.61. The fourth-order valence-corrected chi connectivity index (χ4v) is 2.32. The van der Waals surface area contributed by atoms with Gasteiger partial charge in [-0.1, -0.05) is 6.07 Å². The monoisotopic (exact) mass is 269 g/mol. The van der Waals surface area contributed by atoms with Crippen molar-refractivity contribution >= 4 is 16.8 Å². The molecule has 20 heavy (non-hydrogen) atoms. The summed E-state index contributed by atoms with van der Waals surface area (Å²) in [5, 5.41) is 0.994. The van der Waals surface area contributed by atoms with Crippen LogP contribution in [0.1, 0.15) is 15.9 Å². The van der Waals surface area contributed by atoms with Crippen LogP contribution >= 0.6 is 0 Å². The number of fused-ring (bicyclic) bond motifs is 1. The Morgan fingerprint density at radius 1 is 1.30 bits per heavy atom. The number of primary amides is 1. The van der Waals surface area contributed by atoms with Crippen LogP contribution < -0.4 is 5.73 Å². The SMILES string of the molecule is Cc1c(C(N)=O)cc(F)nc1-c1ccc2[nH]ccc2c1. The van der Waals surface area contributed by atoms with Crippen molar-refractivity contribution in [2.45, 2.75) is 6.92 Å². The lowest BCUT2D eigenvalue weighted by atomic mass is 10.0. The fraction of sp³-hybridized carbons (Fsp3) is 0.0667. The molecule has 0 aliphatic rings. The number of aromatic amines is 1. The Labute approximate surface area is 114 Å². The molecule has 0 unspecified atom stereocenters.